The monoisotopic (exact) mass is 211 g/mol. The van der Waals surface area contributed by atoms with Crippen LogP contribution in [0.3, 0.4) is 0 Å². The zero-order valence-electron chi connectivity index (χ0n) is 7.56. The standard InChI is InChI=1S/C8H9N3O2S/c1-11-4-5(12)10-7(13)6(11)8-9-2-3-14-8/h2-3,6H,4H2,1H3,(H,10,12,13). The van der Waals surface area contributed by atoms with Crippen molar-refractivity contribution in [2.24, 2.45) is 0 Å². The van der Waals surface area contributed by atoms with Gasteiger partial charge in [-0.1, -0.05) is 0 Å². The molecule has 0 bridgehead atoms. The molecule has 1 N–H and O–H groups in total. The minimum atomic E-state index is -0.423. The summed E-state index contributed by atoms with van der Waals surface area (Å²) < 4.78 is 0. The topological polar surface area (TPSA) is 62.3 Å². The second kappa shape index (κ2) is 3.47. The molecule has 0 saturated carbocycles. The molecule has 0 radical (unpaired) electrons. The number of likely N-dealkylation sites (N-methyl/N-ethyl adjacent to an activating group) is 1. The van der Waals surface area contributed by atoms with E-state index in [2.05, 4.69) is 10.3 Å². The van der Waals surface area contributed by atoms with Gasteiger partial charge in [-0.05, 0) is 7.05 Å². The van der Waals surface area contributed by atoms with Crippen LogP contribution in [0, 0.1) is 0 Å². The van der Waals surface area contributed by atoms with E-state index in [4.69, 9.17) is 0 Å². The van der Waals surface area contributed by atoms with Crippen molar-refractivity contribution in [1.29, 1.82) is 0 Å². The van der Waals surface area contributed by atoms with Crippen LogP contribution in [-0.4, -0.2) is 35.3 Å². The highest BCUT2D eigenvalue weighted by Gasteiger charge is 2.33. The van der Waals surface area contributed by atoms with E-state index in [9.17, 15) is 9.59 Å². The lowest BCUT2D eigenvalue weighted by Crippen LogP contribution is -2.51. The first kappa shape index (κ1) is 9.29. The number of carbonyl (C=O) groups is 2. The molecule has 2 rings (SSSR count). The first-order chi connectivity index (χ1) is 6.68. The number of hydrogen-bond acceptors (Lipinski definition) is 5. The fraction of sp³-hybridized carbons (Fsp3) is 0.375. The summed E-state index contributed by atoms with van der Waals surface area (Å²) in [4.78, 5) is 28.3. The van der Waals surface area contributed by atoms with Crippen LogP contribution in [0.25, 0.3) is 0 Å². The number of piperazine rings is 1. The SMILES string of the molecule is CN1CC(=O)NC(=O)C1c1nccs1. The Kier molecular flexibility index (Phi) is 2.30. The van der Waals surface area contributed by atoms with Crippen LogP contribution >= 0.6 is 11.3 Å². The fourth-order valence-electron chi connectivity index (χ4n) is 1.43. The van der Waals surface area contributed by atoms with Gasteiger partial charge in [0.05, 0.1) is 6.54 Å². The number of nitrogens with zero attached hydrogens (tertiary/aromatic N) is 2. The predicted molar refractivity (Wildman–Crippen MR) is 50.6 cm³/mol. The summed E-state index contributed by atoms with van der Waals surface area (Å²) in [6, 6.07) is -0.423. The number of thiazole rings is 1. The number of aromatic nitrogens is 1. The zero-order chi connectivity index (χ0) is 10.1. The van der Waals surface area contributed by atoms with Crippen LogP contribution in [0.2, 0.25) is 0 Å². The van der Waals surface area contributed by atoms with E-state index in [1.165, 1.54) is 11.3 Å². The van der Waals surface area contributed by atoms with Crippen LogP contribution in [0.1, 0.15) is 11.0 Å². The Balaban J connectivity index is 2.26. The number of amides is 2. The molecule has 6 heteroatoms. The second-order valence-electron chi connectivity index (χ2n) is 3.10. The van der Waals surface area contributed by atoms with Crippen molar-refractivity contribution >= 4 is 23.2 Å². The number of carbonyl (C=O) groups excluding carboxylic acids is 2. The smallest absolute Gasteiger partial charge is 0.251 e. The van der Waals surface area contributed by atoms with Gasteiger partial charge in [0.15, 0.2) is 0 Å². The van der Waals surface area contributed by atoms with Gasteiger partial charge in [-0.25, -0.2) is 4.98 Å². The molecule has 0 aliphatic carbocycles. The molecule has 2 heterocycles. The molecule has 14 heavy (non-hydrogen) atoms. The maximum atomic E-state index is 11.5. The van der Waals surface area contributed by atoms with Gasteiger partial charge in [0.25, 0.3) is 5.91 Å². The number of imide groups is 1. The van der Waals surface area contributed by atoms with Crippen molar-refractivity contribution in [3.05, 3.63) is 16.6 Å². The van der Waals surface area contributed by atoms with Gasteiger partial charge < -0.3 is 0 Å². The summed E-state index contributed by atoms with van der Waals surface area (Å²) >= 11 is 1.41. The zero-order valence-corrected chi connectivity index (χ0v) is 8.37. The molecule has 1 unspecified atom stereocenters. The third-order valence-electron chi connectivity index (χ3n) is 2.03. The molecular formula is C8H9N3O2S. The molecule has 74 valence electrons. The van der Waals surface area contributed by atoms with Crippen molar-refractivity contribution in [2.45, 2.75) is 6.04 Å². The van der Waals surface area contributed by atoms with Gasteiger partial charge in [-0.3, -0.25) is 19.8 Å². The predicted octanol–water partition coefficient (Wildman–Crippen LogP) is -0.228. The van der Waals surface area contributed by atoms with Crippen molar-refractivity contribution in [2.75, 3.05) is 13.6 Å². The lowest BCUT2D eigenvalue weighted by Gasteiger charge is -2.28. The average Bonchev–Trinajstić information content (AvgIpc) is 2.54. The molecule has 1 saturated heterocycles. The summed E-state index contributed by atoms with van der Waals surface area (Å²) in [5.41, 5.74) is 0. The van der Waals surface area contributed by atoms with E-state index >= 15 is 0 Å². The minimum Gasteiger partial charge on any atom is -0.294 e. The van der Waals surface area contributed by atoms with E-state index in [0.717, 1.165) is 5.01 Å². The molecule has 1 aromatic heterocycles. The Labute approximate surface area is 84.7 Å². The molecule has 1 fully saturated rings. The molecule has 2 amide bonds. The quantitative estimate of drug-likeness (QED) is 0.652. The summed E-state index contributed by atoms with van der Waals surface area (Å²) in [6.45, 7) is 0.232. The normalized spacial score (nSPS) is 23.6. The van der Waals surface area contributed by atoms with E-state index in [1.807, 2.05) is 5.38 Å². The lowest BCUT2D eigenvalue weighted by atomic mass is 10.2. The summed E-state index contributed by atoms with van der Waals surface area (Å²) in [7, 11) is 1.74. The molecule has 1 aliphatic heterocycles. The van der Waals surface area contributed by atoms with E-state index in [1.54, 1.807) is 18.1 Å². The van der Waals surface area contributed by atoms with Crippen molar-refractivity contribution in [3.63, 3.8) is 0 Å². The Morgan fingerprint density at radius 3 is 3.00 bits per heavy atom. The molecule has 1 atom stereocenters. The number of rotatable bonds is 1. The molecule has 5 nitrogen and oxygen atoms in total. The number of hydrogen-bond donors (Lipinski definition) is 1. The van der Waals surface area contributed by atoms with Gasteiger partial charge in [-0.2, -0.15) is 0 Å². The maximum absolute atomic E-state index is 11.5. The van der Waals surface area contributed by atoms with Crippen LogP contribution in [-0.2, 0) is 9.59 Å². The lowest BCUT2D eigenvalue weighted by molar-refractivity contribution is -0.139. The summed E-state index contributed by atoms with van der Waals surface area (Å²) in [5.74, 6) is -0.552. The van der Waals surface area contributed by atoms with Gasteiger partial charge in [0, 0.05) is 11.6 Å². The van der Waals surface area contributed by atoms with E-state index in [-0.39, 0.29) is 18.4 Å². The van der Waals surface area contributed by atoms with Gasteiger partial charge in [0.2, 0.25) is 5.91 Å². The Bertz CT molecular complexity index is 363. The third-order valence-corrected chi connectivity index (χ3v) is 2.86. The van der Waals surface area contributed by atoms with E-state index < -0.39 is 6.04 Å². The van der Waals surface area contributed by atoms with Crippen LogP contribution in [0.5, 0.6) is 0 Å². The summed E-state index contributed by atoms with van der Waals surface area (Å²) in [6.07, 6.45) is 1.65. The van der Waals surface area contributed by atoms with Gasteiger partial charge in [0.1, 0.15) is 11.0 Å². The first-order valence-electron chi connectivity index (χ1n) is 4.12. The van der Waals surface area contributed by atoms with Crippen molar-refractivity contribution in [1.82, 2.24) is 15.2 Å². The third kappa shape index (κ3) is 1.53. The van der Waals surface area contributed by atoms with Crippen LogP contribution in [0.15, 0.2) is 11.6 Å². The van der Waals surface area contributed by atoms with Crippen molar-refractivity contribution < 1.29 is 9.59 Å². The highest BCUT2D eigenvalue weighted by atomic mass is 32.1. The Morgan fingerprint density at radius 1 is 1.64 bits per heavy atom. The largest absolute Gasteiger partial charge is 0.294 e. The maximum Gasteiger partial charge on any atom is 0.251 e. The molecular weight excluding hydrogens is 202 g/mol. The number of nitrogens with one attached hydrogen (secondary N) is 1. The Hall–Kier alpha value is -1.27. The second-order valence-corrected chi connectivity index (χ2v) is 4.03. The summed E-state index contributed by atoms with van der Waals surface area (Å²) in [5, 5.41) is 4.83. The molecule has 0 spiro atoms. The van der Waals surface area contributed by atoms with Gasteiger partial charge in [-0.15, -0.1) is 11.3 Å². The van der Waals surface area contributed by atoms with Crippen LogP contribution in [0.4, 0.5) is 0 Å². The average molecular weight is 211 g/mol. The first-order valence-corrected chi connectivity index (χ1v) is 5.00. The molecule has 0 aromatic carbocycles. The van der Waals surface area contributed by atoms with Gasteiger partial charge >= 0.3 is 0 Å². The molecule has 1 aliphatic rings. The van der Waals surface area contributed by atoms with Crippen molar-refractivity contribution in [3.8, 4) is 0 Å². The minimum absolute atomic E-state index is 0.232. The fourth-order valence-corrected chi connectivity index (χ4v) is 2.23. The Morgan fingerprint density at radius 2 is 2.43 bits per heavy atom. The van der Waals surface area contributed by atoms with Crippen LogP contribution < -0.4 is 5.32 Å². The molecule has 1 aromatic rings. The van der Waals surface area contributed by atoms with E-state index in [0.29, 0.717) is 0 Å². The highest BCUT2D eigenvalue weighted by molar-refractivity contribution is 7.09. The highest BCUT2D eigenvalue weighted by Crippen LogP contribution is 2.23.